The van der Waals surface area contributed by atoms with Crippen LogP contribution in [0.4, 0.5) is 8.78 Å². The number of rotatable bonds is 3. The Labute approximate surface area is 88.2 Å². The van der Waals surface area contributed by atoms with Crippen LogP contribution in [0.3, 0.4) is 0 Å². The molecule has 5 heteroatoms. The van der Waals surface area contributed by atoms with Crippen LogP contribution in [-0.2, 0) is 4.74 Å². The summed E-state index contributed by atoms with van der Waals surface area (Å²) < 4.78 is 30.0. The Balaban J connectivity index is 2.52. The maximum absolute atomic E-state index is 12.2. The van der Waals surface area contributed by atoms with E-state index in [0.717, 1.165) is 0 Å². The van der Waals surface area contributed by atoms with E-state index in [-0.39, 0.29) is 18.2 Å². The SMILES string of the molecule is CC1(C)CN(CC(F)F)CC(CCl)O1. The van der Waals surface area contributed by atoms with Gasteiger partial charge >= 0.3 is 0 Å². The topological polar surface area (TPSA) is 12.5 Å². The molecule has 0 aromatic rings. The highest BCUT2D eigenvalue weighted by atomic mass is 35.5. The van der Waals surface area contributed by atoms with Crippen molar-refractivity contribution in [2.24, 2.45) is 0 Å². The van der Waals surface area contributed by atoms with Crippen LogP contribution in [0, 0.1) is 0 Å². The summed E-state index contributed by atoms with van der Waals surface area (Å²) in [5, 5.41) is 0. The van der Waals surface area contributed by atoms with E-state index >= 15 is 0 Å². The van der Waals surface area contributed by atoms with Crippen molar-refractivity contribution >= 4 is 11.6 Å². The third kappa shape index (κ3) is 3.67. The summed E-state index contributed by atoms with van der Waals surface area (Å²) in [6.07, 6.45) is -2.43. The molecule has 84 valence electrons. The Kier molecular flexibility index (Phi) is 4.10. The van der Waals surface area contributed by atoms with E-state index in [4.69, 9.17) is 16.3 Å². The average molecular weight is 228 g/mol. The van der Waals surface area contributed by atoms with Crippen molar-refractivity contribution in [3.63, 3.8) is 0 Å². The van der Waals surface area contributed by atoms with Crippen LogP contribution in [0.2, 0.25) is 0 Å². The van der Waals surface area contributed by atoms with Crippen molar-refractivity contribution in [1.29, 1.82) is 0 Å². The highest BCUT2D eigenvalue weighted by molar-refractivity contribution is 6.18. The van der Waals surface area contributed by atoms with Gasteiger partial charge in [0.05, 0.1) is 18.2 Å². The van der Waals surface area contributed by atoms with Crippen LogP contribution < -0.4 is 0 Å². The maximum Gasteiger partial charge on any atom is 0.251 e. The van der Waals surface area contributed by atoms with Gasteiger partial charge in [0.25, 0.3) is 6.43 Å². The van der Waals surface area contributed by atoms with Gasteiger partial charge in [0.2, 0.25) is 0 Å². The van der Waals surface area contributed by atoms with E-state index < -0.39 is 6.43 Å². The van der Waals surface area contributed by atoms with Gasteiger partial charge in [-0.1, -0.05) is 0 Å². The Morgan fingerprint density at radius 3 is 2.71 bits per heavy atom. The number of halogens is 3. The van der Waals surface area contributed by atoms with Crippen molar-refractivity contribution < 1.29 is 13.5 Å². The second-order valence-electron chi connectivity index (χ2n) is 4.24. The molecule has 2 nitrogen and oxygen atoms in total. The van der Waals surface area contributed by atoms with Crippen molar-refractivity contribution in [3.8, 4) is 0 Å². The molecule has 1 rings (SSSR count). The zero-order valence-electron chi connectivity index (χ0n) is 8.47. The molecule has 1 saturated heterocycles. The van der Waals surface area contributed by atoms with Crippen LogP contribution in [0.25, 0.3) is 0 Å². The van der Waals surface area contributed by atoms with E-state index in [2.05, 4.69) is 0 Å². The van der Waals surface area contributed by atoms with Gasteiger partial charge < -0.3 is 4.74 Å². The van der Waals surface area contributed by atoms with Gasteiger partial charge in [-0.05, 0) is 13.8 Å². The third-order valence-electron chi connectivity index (χ3n) is 2.12. The van der Waals surface area contributed by atoms with Gasteiger partial charge in [0.1, 0.15) is 0 Å². The summed E-state index contributed by atoms with van der Waals surface area (Å²) in [7, 11) is 0. The smallest absolute Gasteiger partial charge is 0.251 e. The maximum atomic E-state index is 12.2. The molecule has 0 bridgehead atoms. The van der Waals surface area contributed by atoms with Crippen molar-refractivity contribution in [3.05, 3.63) is 0 Å². The van der Waals surface area contributed by atoms with Crippen LogP contribution in [0.1, 0.15) is 13.8 Å². The number of ether oxygens (including phenoxy) is 1. The summed E-state index contributed by atoms with van der Waals surface area (Å²) in [6.45, 7) is 4.62. The third-order valence-corrected chi connectivity index (χ3v) is 2.46. The van der Waals surface area contributed by atoms with Crippen LogP contribution in [0.15, 0.2) is 0 Å². The van der Waals surface area contributed by atoms with Crippen LogP contribution in [-0.4, -0.2) is 48.5 Å². The van der Waals surface area contributed by atoms with Crippen molar-refractivity contribution in [2.75, 3.05) is 25.5 Å². The van der Waals surface area contributed by atoms with E-state index in [0.29, 0.717) is 19.0 Å². The summed E-state index contributed by atoms with van der Waals surface area (Å²) in [5.41, 5.74) is -0.382. The molecule has 0 saturated carbocycles. The lowest BCUT2D eigenvalue weighted by atomic mass is 10.1. The first kappa shape index (κ1) is 12.1. The minimum Gasteiger partial charge on any atom is -0.368 e. The lowest BCUT2D eigenvalue weighted by Crippen LogP contribution is -2.54. The lowest BCUT2D eigenvalue weighted by Gasteiger charge is -2.42. The molecule has 0 aliphatic carbocycles. The van der Waals surface area contributed by atoms with Crippen LogP contribution in [0.5, 0.6) is 0 Å². The molecule has 0 spiro atoms. The molecular weight excluding hydrogens is 212 g/mol. The predicted molar refractivity (Wildman–Crippen MR) is 52.1 cm³/mol. The Hall–Kier alpha value is 0.0700. The molecule has 14 heavy (non-hydrogen) atoms. The normalized spacial score (nSPS) is 28.3. The molecule has 1 aliphatic rings. The number of alkyl halides is 3. The molecular formula is C9H16ClF2NO. The van der Waals surface area contributed by atoms with E-state index in [1.165, 1.54) is 0 Å². The van der Waals surface area contributed by atoms with Crippen molar-refractivity contribution in [2.45, 2.75) is 32.0 Å². The standard InChI is InChI=1S/C9H16ClF2NO/c1-9(2)6-13(5-8(11)12)4-7(3-10)14-9/h7-8H,3-6H2,1-2H3. The van der Waals surface area contributed by atoms with Gasteiger partial charge in [0, 0.05) is 19.0 Å². The summed E-state index contributed by atoms with van der Waals surface area (Å²) in [6, 6.07) is 0. The zero-order valence-corrected chi connectivity index (χ0v) is 9.23. The van der Waals surface area contributed by atoms with E-state index in [1.54, 1.807) is 4.90 Å². The first-order chi connectivity index (χ1) is 6.43. The largest absolute Gasteiger partial charge is 0.368 e. The van der Waals surface area contributed by atoms with E-state index in [9.17, 15) is 8.78 Å². The summed E-state index contributed by atoms with van der Waals surface area (Å²) in [4.78, 5) is 1.71. The number of hydrogen-bond acceptors (Lipinski definition) is 2. The van der Waals surface area contributed by atoms with Gasteiger partial charge in [-0.2, -0.15) is 0 Å². The fraction of sp³-hybridized carbons (Fsp3) is 1.00. The molecule has 1 unspecified atom stereocenters. The number of nitrogens with zero attached hydrogens (tertiary/aromatic N) is 1. The molecule has 0 radical (unpaired) electrons. The Morgan fingerprint density at radius 2 is 2.21 bits per heavy atom. The minimum atomic E-state index is -2.29. The second-order valence-corrected chi connectivity index (χ2v) is 4.55. The molecule has 1 heterocycles. The first-order valence-corrected chi connectivity index (χ1v) is 5.21. The first-order valence-electron chi connectivity index (χ1n) is 4.67. The monoisotopic (exact) mass is 227 g/mol. The molecule has 0 aromatic heterocycles. The van der Waals surface area contributed by atoms with Gasteiger partial charge in [-0.25, -0.2) is 8.78 Å². The molecule has 0 amide bonds. The molecule has 0 N–H and O–H groups in total. The molecule has 1 fully saturated rings. The van der Waals surface area contributed by atoms with Crippen LogP contribution >= 0.6 is 11.6 Å². The summed E-state index contributed by atoms with van der Waals surface area (Å²) >= 11 is 5.67. The highest BCUT2D eigenvalue weighted by Gasteiger charge is 2.33. The Morgan fingerprint density at radius 1 is 1.57 bits per heavy atom. The predicted octanol–water partition coefficient (Wildman–Crippen LogP) is 1.97. The lowest BCUT2D eigenvalue weighted by molar-refractivity contribution is -0.134. The number of morpholine rings is 1. The minimum absolute atomic E-state index is 0.140. The highest BCUT2D eigenvalue weighted by Crippen LogP contribution is 2.22. The number of hydrogen-bond donors (Lipinski definition) is 0. The second kappa shape index (κ2) is 4.73. The molecule has 1 atom stereocenters. The molecule has 0 aromatic carbocycles. The van der Waals surface area contributed by atoms with Gasteiger partial charge in [0.15, 0.2) is 0 Å². The quantitative estimate of drug-likeness (QED) is 0.684. The summed E-state index contributed by atoms with van der Waals surface area (Å²) in [5.74, 6) is 0.350. The fourth-order valence-corrected chi connectivity index (χ4v) is 1.99. The van der Waals surface area contributed by atoms with Gasteiger partial charge in [-0.15, -0.1) is 11.6 Å². The zero-order chi connectivity index (χ0) is 10.8. The molecule has 1 aliphatic heterocycles. The fourth-order valence-electron chi connectivity index (χ4n) is 1.83. The average Bonchev–Trinajstić information content (AvgIpc) is 1.99. The van der Waals surface area contributed by atoms with Gasteiger partial charge in [-0.3, -0.25) is 4.90 Å². The van der Waals surface area contributed by atoms with Crippen molar-refractivity contribution in [1.82, 2.24) is 4.90 Å². The van der Waals surface area contributed by atoms with E-state index in [1.807, 2.05) is 13.8 Å². The Bertz CT molecular complexity index is 190.